The van der Waals surface area contributed by atoms with Crippen LogP contribution in [0.1, 0.15) is 59.8 Å². The van der Waals surface area contributed by atoms with Gasteiger partial charge in [0.2, 0.25) is 0 Å². The van der Waals surface area contributed by atoms with Gasteiger partial charge in [0.05, 0.1) is 12.2 Å². The number of ketones is 1. The zero-order chi connectivity index (χ0) is 24.2. The highest BCUT2D eigenvalue weighted by Crippen LogP contribution is 2.37. The zero-order valence-corrected chi connectivity index (χ0v) is 20.8. The summed E-state index contributed by atoms with van der Waals surface area (Å²) in [5.74, 6) is 1.66. The van der Waals surface area contributed by atoms with E-state index in [1.165, 1.54) is 12.8 Å². The molecule has 0 N–H and O–H groups in total. The van der Waals surface area contributed by atoms with Crippen molar-refractivity contribution in [1.82, 2.24) is 9.88 Å². The average Bonchev–Trinajstić information content (AvgIpc) is 3.33. The van der Waals surface area contributed by atoms with Crippen LogP contribution < -0.4 is 0 Å². The number of carbonyl (C=O) groups excluding carboxylic acids is 1. The Hall–Kier alpha value is -3.27. The molecule has 1 fully saturated rings. The monoisotopic (exact) mass is 453 g/mol. The Balaban J connectivity index is 1.74. The molecule has 34 heavy (non-hydrogen) atoms. The van der Waals surface area contributed by atoms with Gasteiger partial charge in [-0.25, -0.2) is 0 Å². The fraction of sp³-hybridized carbons (Fsp3) is 0.367. The van der Waals surface area contributed by atoms with Crippen LogP contribution in [0.5, 0.6) is 0 Å². The van der Waals surface area contributed by atoms with Crippen molar-refractivity contribution in [3.8, 4) is 11.3 Å². The minimum absolute atomic E-state index is 0.178. The summed E-state index contributed by atoms with van der Waals surface area (Å²) in [6, 6.07) is 10.3. The van der Waals surface area contributed by atoms with Crippen molar-refractivity contribution >= 4 is 23.1 Å². The lowest BCUT2D eigenvalue weighted by Gasteiger charge is -2.32. The number of pyridine rings is 1. The molecule has 1 aliphatic carbocycles. The molecular weight excluding hydrogens is 418 g/mol. The number of Topliss-reactive ketones (excluding diaryl/α,β-unsaturated/α-hetero) is 1. The van der Waals surface area contributed by atoms with E-state index >= 15 is 0 Å². The molecule has 0 saturated heterocycles. The number of aryl methyl sites for hydroxylation is 1. The Kier molecular flexibility index (Phi) is 7.26. The molecule has 0 amide bonds. The number of nitrogens with zero attached hydrogens (tertiary/aromatic N) is 3. The highest BCUT2D eigenvalue weighted by molar-refractivity contribution is 6.13. The number of carbonyl (C=O) groups is 1. The van der Waals surface area contributed by atoms with Crippen molar-refractivity contribution in [3.63, 3.8) is 0 Å². The Morgan fingerprint density at radius 1 is 1.24 bits per heavy atom. The molecule has 0 radical (unpaired) electrons. The van der Waals surface area contributed by atoms with E-state index in [0.29, 0.717) is 24.4 Å². The number of aliphatic imine (C=N–C) groups is 1. The van der Waals surface area contributed by atoms with Crippen molar-refractivity contribution in [1.29, 1.82) is 0 Å². The number of aromatic nitrogens is 1. The van der Waals surface area contributed by atoms with Crippen LogP contribution in [0, 0.1) is 18.8 Å². The van der Waals surface area contributed by atoms with Gasteiger partial charge in [0.25, 0.3) is 0 Å². The lowest BCUT2D eigenvalue weighted by Crippen LogP contribution is -2.21. The van der Waals surface area contributed by atoms with Crippen LogP contribution in [0.25, 0.3) is 22.4 Å². The summed E-state index contributed by atoms with van der Waals surface area (Å²) in [7, 11) is 4.00. The molecule has 4 rings (SSSR count). The Morgan fingerprint density at radius 3 is 2.68 bits per heavy atom. The molecule has 2 aromatic rings. The van der Waals surface area contributed by atoms with Crippen LogP contribution in [-0.2, 0) is 0 Å². The predicted octanol–water partition coefficient (Wildman–Crippen LogP) is 6.62. The van der Waals surface area contributed by atoms with Crippen LogP contribution in [0.2, 0.25) is 0 Å². The fourth-order valence-corrected chi connectivity index (χ4v) is 5.01. The van der Waals surface area contributed by atoms with E-state index in [-0.39, 0.29) is 5.78 Å². The second kappa shape index (κ2) is 10.3. The minimum atomic E-state index is 0.178. The summed E-state index contributed by atoms with van der Waals surface area (Å²) in [5.41, 5.74) is 7.47. The molecule has 4 heteroatoms. The van der Waals surface area contributed by atoms with Gasteiger partial charge in [0, 0.05) is 55.3 Å². The van der Waals surface area contributed by atoms with E-state index in [2.05, 4.69) is 36.7 Å². The Morgan fingerprint density at radius 2 is 2.03 bits per heavy atom. The van der Waals surface area contributed by atoms with Gasteiger partial charge in [-0.05, 0) is 66.9 Å². The van der Waals surface area contributed by atoms with Crippen LogP contribution in [0.15, 0.2) is 60.3 Å². The van der Waals surface area contributed by atoms with Crippen molar-refractivity contribution in [2.24, 2.45) is 16.8 Å². The highest BCUT2D eigenvalue weighted by Gasteiger charge is 2.27. The molecule has 4 nitrogen and oxygen atoms in total. The van der Waals surface area contributed by atoms with Crippen LogP contribution >= 0.6 is 0 Å². The lowest BCUT2D eigenvalue weighted by molar-refractivity contribution is 0.0954. The lowest BCUT2D eigenvalue weighted by atomic mass is 9.73. The van der Waals surface area contributed by atoms with Gasteiger partial charge in [0.15, 0.2) is 5.78 Å². The molecule has 0 atom stereocenters. The van der Waals surface area contributed by atoms with Crippen molar-refractivity contribution in [2.75, 3.05) is 20.6 Å². The third-order valence-corrected chi connectivity index (χ3v) is 6.81. The highest BCUT2D eigenvalue weighted by atomic mass is 16.1. The number of hydrogen-bond acceptors (Lipinski definition) is 4. The van der Waals surface area contributed by atoms with Crippen molar-refractivity contribution in [2.45, 2.75) is 39.5 Å². The second-order valence-electron chi connectivity index (χ2n) is 9.91. The van der Waals surface area contributed by atoms with E-state index in [1.54, 1.807) is 0 Å². The van der Waals surface area contributed by atoms with Gasteiger partial charge >= 0.3 is 0 Å². The molecule has 1 aliphatic heterocycles. The van der Waals surface area contributed by atoms with Crippen LogP contribution in [0.3, 0.4) is 0 Å². The minimum Gasteiger partial charge on any atom is -0.383 e. The quantitative estimate of drug-likeness (QED) is 0.316. The zero-order valence-electron chi connectivity index (χ0n) is 20.8. The molecule has 2 heterocycles. The number of hydrogen-bond donors (Lipinski definition) is 0. The summed E-state index contributed by atoms with van der Waals surface area (Å²) in [6.07, 6.45) is 11.9. The maximum Gasteiger partial charge on any atom is 0.165 e. The molecule has 0 bridgehead atoms. The molecule has 2 aliphatic rings. The van der Waals surface area contributed by atoms with Gasteiger partial charge in [-0.15, -0.1) is 0 Å². The summed E-state index contributed by atoms with van der Waals surface area (Å²) in [6.45, 7) is 8.97. The molecule has 1 aromatic heterocycles. The molecule has 0 spiro atoms. The SMILES string of the molecule is C=C/C(=C\N(C)C)c1cccc(-c2nc(C)c(C3=CCN=C3)cc2C(=O)CCC2CC(C)C2)c1. The number of allylic oxidation sites excluding steroid dienone is 3. The Labute approximate surface area is 203 Å². The predicted molar refractivity (Wildman–Crippen MR) is 143 cm³/mol. The van der Waals surface area contributed by atoms with Crippen molar-refractivity contribution < 1.29 is 4.79 Å². The standard InChI is InChI=1S/C30H35N3O/c1-6-23(19-33(4)5)24-8-7-9-25(16-24)30-28(29(34)11-10-22-14-20(2)15-22)17-27(21(3)32-30)26-12-13-31-18-26/h6-9,12,16-20,22H,1,10-11,13-15H2,2-5H3/b23-19+. The van der Waals surface area contributed by atoms with Crippen molar-refractivity contribution in [3.05, 3.63) is 77.6 Å². The summed E-state index contributed by atoms with van der Waals surface area (Å²) >= 11 is 0. The maximum atomic E-state index is 13.5. The summed E-state index contributed by atoms with van der Waals surface area (Å²) in [4.78, 5) is 24.9. The van der Waals surface area contributed by atoms with Crippen LogP contribution in [0.4, 0.5) is 0 Å². The largest absolute Gasteiger partial charge is 0.383 e. The summed E-state index contributed by atoms with van der Waals surface area (Å²) in [5, 5.41) is 0. The van der Waals surface area contributed by atoms with Gasteiger partial charge in [-0.3, -0.25) is 14.8 Å². The molecule has 176 valence electrons. The van der Waals surface area contributed by atoms with E-state index in [1.807, 2.05) is 62.6 Å². The molecule has 1 saturated carbocycles. The van der Waals surface area contributed by atoms with E-state index < -0.39 is 0 Å². The normalized spacial score (nSPS) is 19.5. The first-order chi connectivity index (χ1) is 16.4. The van der Waals surface area contributed by atoms with Gasteiger partial charge in [-0.1, -0.05) is 43.9 Å². The third-order valence-electron chi connectivity index (χ3n) is 6.81. The average molecular weight is 454 g/mol. The number of benzene rings is 1. The second-order valence-corrected chi connectivity index (χ2v) is 9.91. The van der Waals surface area contributed by atoms with Gasteiger partial charge in [-0.2, -0.15) is 0 Å². The van der Waals surface area contributed by atoms with Gasteiger partial charge in [0.1, 0.15) is 0 Å². The van der Waals surface area contributed by atoms with Gasteiger partial charge < -0.3 is 4.90 Å². The Bertz CT molecular complexity index is 1180. The first-order valence-electron chi connectivity index (χ1n) is 12.2. The van der Waals surface area contributed by atoms with Crippen LogP contribution in [-0.4, -0.2) is 42.5 Å². The molecule has 1 aromatic carbocycles. The van der Waals surface area contributed by atoms with E-state index in [9.17, 15) is 4.79 Å². The first kappa shape index (κ1) is 23.9. The summed E-state index contributed by atoms with van der Waals surface area (Å²) < 4.78 is 0. The number of rotatable bonds is 9. The maximum absolute atomic E-state index is 13.5. The van der Waals surface area contributed by atoms with E-state index in [4.69, 9.17) is 4.98 Å². The first-order valence-corrected chi connectivity index (χ1v) is 12.2. The topological polar surface area (TPSA) is 45.6 Å². The third kappa shape index (κ3) is 5.27. The molecular formula is C30H35N3O. The fourth-order valence-electron chi connectivity index (χ4n) is 5.01. The molecule has 0 unspecified atom stereocenters. The smallest absolute Gasteiger partial charge is 0.165 e. The van der Waals surface area contributed by atoms with E-state index in [0.717, 1.165) is 51.6 Å².